The maximum absolute atomic E-state index is 9.47. The summed E-state index contributed by atoms with van der Waals surface area (Å²) in [5, 5.41) is 13.9. The highest BCUT2D eigenvalue weighted by Gasteiger charge is 2.21. The SMILES string of the molecule is O[C@H]1CCN(Cc2ncn(-c3ccccc3)n2)C1. The summed E-state index contributed by atoms with van der Waals surface area (Å²) in [6.07, 6.45) is 2.39. The Kier molecular flexibility index (Phi) is 3.08. The summed E-state index contributed by atoms with van der Waals surface area (Å²) in [7, 11) is 0. The molecule has 0 aliphatic carbocycles. The number of nitrogens with zero attached hydrogens (tertiary/aromatic N) is 4. The number of β-amino-alcohol motifs (C(OH)–C–C–N with tert-alkyl or cyclic N) is 1. The first-order chi connectivity index (χ1) is 8.81. The number of benzene rings is 1. The van der Waals surface area contributed by atoms with Crippen molar-refractivity contribution in [2.24, 2.45) is 0 Å². The Morgan fingerprint density at radius 2 is 2.11 bits per heavy atom. The molecule has 5 heteroatoms. The van der Waals surface area contributed by atoms with Gasteiger partial charge in [0.05, 0.1) is 18.3 Å². The van der Waals surface area contributed by atoms with Crippen molar-refractivity contribution >= 4 is 0 Å². The van der Waals surface area contributed by atoms with Crippen LogP contribution in [0.25, 0.3) is 5.69 Å². The third-order valence-corrected chi connectivity index (χ3v) is 3.17. The number of rotatable bonds is 3. The predicted octanol–water partition coefficient (Wildman–Crippen LogP) is 0.834. The van der Waals surface area contributed by atoms with E-state index in [0.29, 0.717) is 6.54 Å². The minimum atomic E-state index is -0.193. The van der Waals surface area contributed by atoms with Gasteiger partial charge in [0.25, 0.3) is 0 Å². The fourth-order valence-corrected chi connectivity index (χ4v) is 2.23. The van der Waals surface area contributed by atoms with Gasteiger partial charge in [0, 0.05) is 13.1 Å². The number of likely N-dealkylation sites (tertiary alicyclic amines) is 1. The van der Waals surface area contributed by atoms with E-state index in [4.69, 9.17) is 0 Å². The van der Waals surface area contributed by atoms with Crippen molar-refractivity contribution in [3.63, 3.8) is 0 Å². The van der Waals surface area contributed by atoms with Gasteiger partial charge in [-0.05, 0) is 18.6 Å². The number of para-hydroxylation sites is 1. The second-order valence-corrected chi connectivity index (χ2v) is 4.62. The summed E-state index contributed by atoms with van der Waals surface area (Å²) in [5.41, 5.74) is 1.01. The van der Waals surface area contributed by atoms with Gasteiger partial charge in [-0.1, -0.05) is 18.2 Å². The van der Waals surface area contributed by atoms with E-state index in [1.165, 1.54) is 0 Å². The molecule has 5 nitrogen and oxygen atoms in total. The maximum atomic E-state index is 9.47. The van der Waals surface area contributed by atoms with Gasteiger partial charge in [-0.3, -0.25) is 4.90 Å². The molecule has 94 valence electrons. The number of aliphatic hydroxyl groups is 1. The maximum Gasteiger partial charge on any atom is 0.164 e. The molecule has 1 aliphatic rings. The fraction of sp³-hybridized carbons (Fsp3) is 0.385. The summed E-state index contributed by atoms with van der Waals surface area (Å²) in [6, 6.07) is 9.93. The molecule has 0 bridgehead atoms. The fourth-order valence-electron chi connectivity index (χ4n) is 2.23. The smallest absolute Gasteiger partial charge is 0.164 e. The molecule has 1 aromatic heterocycles. The van der Waals surface area contributed by atoms with E-state index in [2.05, 4.69) is 15.0 Å². The van der Waals surface area contributed by atoms with Gasteiger partial charge >= 0.3 is 0 Å². The Balaban J connectivity index is 1.70. The zero-order chi connectivity index (χ0) is 12.4. The highest BCUT2D eigenvalue weighted by Crippen LogP contribution is 2.12. The normalized spacial score (nSPS) is 20.4. The van der Waals surface area contributed by atoms with Crippen LogP contribution in [0.3, 0.4) is 0 Å². The highest BCUT2D eigenvalue weighted by atomic mass is 16.3. The molecule has 1 N–H and O–H groups in total. The lowest BCUT2D eigenvalue weighted by Gasteiger charge is -2.11. The first-order valence-corrected chi connectivity index (χ1v) is 6.17. The molecule has 0 spiro atoms. The van der Waals surface area contributed by atoms with Gasteiger partial charge in [0.15, 0.2) is 5.82 Å². The van der Waals surface area contributed by atoms with E-state index in [0.717, 1.165) is 31.0 Å². The van der Waals surface area contributed by atoms with Crippen LogP contribution < -0.4 is 0 Å². The first kappa shape index (κ1) is 11.4. The van der Waals surface area contributed by atoms with E-state index in [1.54, 1.807) is 11.0 Å². The van der Waals surface area contributed by atoms with Crippen molar-refractivity contribution in [1.82, 2.24) is 19.7 Å². The number of hydrogen-bond acceptors (Lipinski definition) is 4. The molecule has 1 fully saturated rings. The predicted molar refractivity (Wildman–Crippen MR) is 67.3 cm³/mol. The van der Waals surface area contributed by atoms with E-state index >= 15 is 0 Å². The molecule has 0 radical (unpaired) electrons. The molecule has 0 amide bonds. The standard InChI is InChI=1S/C13H16N4O/c18-12-6-7-16(8-12)9-13-14-10-17(15-13)11-4-2-1-3-5-11/h1-5,10,12,18H,6-9H2/t12-/m0/s1. The second-order valence-electron chi connectivity index (χ2n) is 4.62. The molecule has 2 heterocycles. The van der Waals surface area contributed by atoms with Gasteiger partial charge in [0.1, 0.15) is 6.33 Å². The van der Waals surface area contributed by atoms with Gasteiger partial charge < -0.3 is 5.11 Å². The van der Waals surface area contributed by atoms with Crippen LogP contribution in [-0.4, -0.2) is 44.0 Å². The summed E-state index contributed by atoms with van der Waals surface area (Å²) in [4.78, 5) is 6.49. The molecule has 1 saturated heterocycles. The average Bonchev–Trinajstić information content (AvgIpc) is 3.01. The molecule has 1 aromatic carbocycles. The first-order valence-electron chi connectivity index (χ1n) is 6.17. The van der Waals surface area contributed by atoms with Crippen LogP contribution in [0.1, 0.15) is 12.2 Å². The molecule has 1 aliphatic heterocycles. The Bertz CT molecular complexity index is 511. The quantitative estimate of drug-likeness (QED) is 0.869. The lowest BCUT2D eigenvalue weighted by atomic mass is 10.3. The van der Waals surface area contributed by atoms with Crippen molar-refractivity contribution in [2.45, 2.75) is 19.1 Å². The monoisotopic (exact) mass is 244 g/mol. The van der Waals surface area contributed by atoms with Crippen molar-refractivity contribution in [3.05, 3.63) is 42.5 Å². The number of aliphatic hydroxyl groups excluding tert-OH is 1. The average molecular weight is 244 g/mol. The summed E-state index contributed by atoms with van der Waals surface area (Å²) in [6.45, 7) is 2.35. The zero-order valence-corrected chi connectivity index (χ0v) is 10.1. The van der Waals surface area contributed by atoms with Gasteiger partial charge in [-0.15, -0.1) is 5.10 Å². The molecule has 18 heavy (non-hydrogen) atoms. The largest absolute Gasteiger partial charge is 0.392 e. The van der Waals surface area contributed by atoms with Crippen molar-refractivity contribution in [1.29, 1.82) is 0 Å². The highest BCUT2D eigenvalue weighted by molar-refractivity contribution is 5.29. The third kappa shape index (κ3) is 2.42. The summed E-state index contributed by atoms with van der Waals surface area (Å²) >= 11 is 0. The molecule has 0 unspecified atom stereocenters. The van der Waals surface area contributed by atoms with E-state index in [-0.39, 0.29) is 6.10 Å². The molecule has 0 saturated carbocycles. The second kappa shape index (κ2) is 4.88. The molecular formula is C13H16N4O. The summed E-state index contributed by atoms with van der Waals surface area (Å²) < 4.78 is 1.78. The molecular weight excluding hydrogens is 228 g/mol. The minimum Gasteiger partial charge on any atom is -0.392 e. The van der Waals surface area contributed by atoms with Crippen LogP contribution in [0.4, 0.5) is 0 Å². The van der Waals surface area contributed by atoms with E-state index in [1.807, 2.05) is 30.3 Å². The molecule has 2 aromatic rings. The third-order valence-electron chi connectivity index (χ3n) is 3.17. The van der Waals surface area contributed by atoms with Crippen LogP contribution >= 0.6 is 0 Å². The summed E-state index contributed by atoms with van der Waals surface area (Å²) in [5.74, 6) is 0.799. The lowest BCUT2D eigenvalue weighted by molar-refractivity contribution is 0.174. The van der Waals surface area contributed by atoms with Crippen LogP contribution in [-0.2, 0) is 6.54 Å². The van der Waals surface area contributed by atoms with Crippen molar-refractivity contribution < 1.29 is 5.11 Å². The molecule has 1 atom stereocenters. The molecule has 3 rings (SSSR count). The van der Waals surface area contributed by atoms with Crippen molar-refractivity contribution in [3.8, 4) is 5.69 Å². The Morgan fingerprint density at radius 1 is 1.28 bits per heavy atom. The van der Waals surface area contributed by atoms with Gasteiger partial charge in [0.2, 0.25) is 0 Å². The Hall–Kier alpha value is -1.72. The van der Waals surface area contributed by atoms with Crippen LogP contribution in [0, 0.1) is 0 Å². The minimum absolute atomic E-state index is 0.193. The van der Waals surface area contributed by atoms with Crippen LogP contribution in [0.5, 0.6) is 0 Å². The van der Waals surface area contributed by atoms with E-state index < -0.39 is 0 Å². The number of aromatic nitrogens is 3. The van der Waals surface area contributed by atoms with Crippen molar-refractivity contribution in [2.75, 3.05) is 13.1 Å². The Labute approximate surface area is 106 Å². The van der Waals surface area contributed by atoms with Gasteiger partial charge in [-0.2, -0.15) is 0 Å². The van der Waals surface area contributed by atoms with Gasteiger partial charge in [-0.25, -0.2) is 9.67 Å². The number of hydrogen-bond donors (Lipinski definition) is 1. The van der Waals surface area contributed by atoms with E-state index in [9.17, 15) is 5.11 Å². The lowest BCUT2D eigenvalue weighted by Crippen LogP contribution is -2.22. The Morgan fingerprint density at radius 3 is 2.83 bits per heavy atom. The van der Waals surface area contributed by atoms with Crippen LogP contribution in [0.2, 0.25) is 0 Å². The zero-order valence-electron chi connectivity index (χ0n) is 10.1. The topological polar surface area (TPSA) is 54.2 Å². The van der Waals surface area contributed by atoms with Crippen LogP contribution in [0.15, 0.2) is 36.7 Å².